The SMILES string of the molecule is CCNC(=O)c1cccc2cc(-c3ccc(C(=O)OC)c(C45CC6CC(CC(C6)C4)C5)c3)ccc12. The third kappa shape index (κ3) is 3.74. The number of methoxy groups -OCH3 is 1. The molecule has 4 heteroatoms. The zero-order valence-electron chi connectivity index (χ0n) is 20.6. The molecule has 3 aromatic rings. The third-order valence-electron chi connectivity index (χ3n) is 8.83. The summed E-state index contributed by atoms with van der Waals surface area (Å²) in [7, 11) is 1.48. The number of amides is 1. The van der Waals surface area contributed by atoms with Crippen molar-refractivity contribution in [3.05, 3.63) is 71.3 Å². The second kappa shape index (κ2) is 8.51. The van der Waals surface area contributed by atoms with Crippen molar-refractivity contribution in [3.63, 3.8) is 0 Å². The zero-order chi connectivity index (χ0) is 24.2. The van der Waals surface area contributed by atoms with E-state index < -0.39 is 0 Å². The quantitative estimate of drug-likeness (QED) is 0.435. The highest BCUT2D eigenvalue weighted by molar-refractivity contribution is 6.07. The Morgan fingerprint density at radius 1 is 0.886 bits per heavy atom. The lowest BCUT2D eigenvalue weighted by Gasteiger charge is -2.57. The Balaban J connectivity index is 1.45. The Kier molecular flexibility index (Phi) is 5.43. The molecule has 4 fully saturated rings. The van der Waals surface area contributed by atoms with Crippen molar-refractivity contribution >= 4 is 22.6 Å². The fourth-order valence-corrected chi connectivity index (χ4v) is 7.81. The molecule has 0 saturated heterocycles. The Morgan fingerprint density at radius 2 is 1.54 bits per heavy atom. The first kappa shape index (κ1) is 22.3. The van der Waals surface area contributed by atoms with Crippen LogP contribution in [0, 0.1) is 17.8 Å². The third-order valence-corrected chi connectivity index (χ3v) is 8.83. The van der Waals surface area contributed by atoms with E-state index in [-0.39, 0.29) is 17.3 Å². The van der Waals surface area contributed by atoms with Crippen LogP contribution in [0.2, 0.25) is 0 Å². The Morgan fingerprint density at radius 3 is 2.20 bits per heavy atom. The minimum atomic E-state index is -0.229. The van der Waals surface area contributed by atoms with Crippen molar-refractivity contribution < 1.29 is 14.3 Å². The number of carbonyl (C=O) groups is 2. The lowest BCUT2D eigenvalue weighted by Crippen LogP contribution is -2.49. The molecule has 1 N–H and O–H groups in total. The molecular formula is C31H33NO3. The molecular weight excluding hydrogens is 434 g/mol. The van der Waals surface area contributed by atoms with Crippen LogP contribution < -0.4 is 5.32 Å². The lowest BCUT2D eigenvalue weighted by atomic mass is 9.47. The van der Waals surface area contributed by atoms with Crippen LogP contribution in [0.25, 0.3) is 21.9 Å². The summed E-state index contributed by atoms with van der Waals surface area (Å²) in [6.07, 6.45) is 7.68. The fourth-order valence-electron chi connectivity index (χ4n) is 7.81. The number of fused-ring (bicyclic) bond motifs is 1. The maximum Gasteiger partial charge on any atom is 0.338 e. The first-order chi connectivity index (χ1) is 17.0. The highest BCUT2D eigenvalue weighted by Gasteiger charge is 2.52. The first-order valence-corrected chi connectivity index (χ1v) is 13.0. The second-order valence-electron chi connectivity index (χ2n) is 11.1. The van der Waals surface area contributed by atoms with Gasteiger partial charge in [0.25, 0.3) is 5.91 Å². The number of nitrogens with one attached hydrogen (secondary N) is 1. The van der Waals surface area contributed by atoms with Gasteiger partial charge in [-0.15, -0.1) is 0 Å². The first-order valence-electron chi connectivity index (χ1n) is 13.0. The topological polar surface area (TPSA) is 55.4 Å². The summed E-state index contributed by atoms with van der Waals surface area (Å²) >= 11 is 0. The maximum absolute atomic E-state index is 12.8. The predicted octanol–water partition coefficient (Wildman–Crippen LogP) is 6.51. The molecule has 0 atom stereocenters. The Labute approximate surface area is 207 Å². The van der Waals surface area contributed by atoms with E-state index in [0.717, 1.165) is 45.2 Å². The monoisotopic (exact) mass is 467 g/mol. The number of rotatable bonds is 5. The van der Waals surface area contributed by atoms with E-state index in [1.165, 1.54) is 51.2 Å². The standard InChI is InChI=1S/C31H33NO3/c1-3-32-29(33)26-6-4-5-24-14-22(7-9-25(24)26)23-8-10-27(30(34)35-2)28(15-23)31-16-19-11-20(17-31)13-21(12-19)18-31/h4-10,14-15,19-21H,3,11-13,16-18H2,1-2H3,(H,32,33). The predicted molar refractivity (Wildman–Crippen MR) is 139 cm³/mol. The van der Waals surface area contributed by atoms with Gasteiger partial charge in [0.15, 0.2) is 0 Å². The van der Waals surface area contributed by atoms with Gasteiger partial charge >= 0.3 is 5.97 Å². The molecule has 4 bridgehead atoms. The van der Waals surface area contributed by atoms with E-state index >= 15 is 0 Å². The van der Waals surface area contributed by atoms with Gasteiger partial charge in [0.2, 0.25) is 0 Å². The molecule has 4 aliphatic carbocycles. The largest absolute Gasteiger partial charge is 0.465 e. The average molecular weight is 468 g/mol. The minimum absolute atomic E-state index is 0.0441. The second-order valence-corrected chi connectivity index (χ2v) is 11.1. The summed E-state index contributed by atoms with van der Waals surface area (Å²) < 4.78 is 5.22. The maximum atomic E-state index is 12.8. The van der Waals surface area contributed by atoms with Gasteiger partial charge in [-0.05, 0) is 120 Å². The van der Waals surface area contributed by atoms with E-state index in [0.29, 0.717) is 12.1 Å². The van der Waals surface area contributed by atoms with Crippen molar-refractivity contribution in [2.24, 2.45) is 17.8 Å². The number of hydrogen-bond donors (Lipinski definition) is 1. The van der Waals surface area contributed by atoms with E-state index in [2.05, 4.69) is 29.6 Å². The molecule has 0 radical (unpaired) electrons. The van der Waals surface area contributed by atoms with Gasteiger partial charge in [0, 0.05) is 12.1 Å². The Hall–Kier alpha value is -3.14. The van der Waals surface area contributed by atoms with Crippen molar-refractivity contribution in [1.29, 1.82) is 0 Å². The summed E-state index contributed by atoms with van der Waals surface area (Å²) in [5, 5.41) is 4.91. The van der Waals surface area contributed by atoms with E-state index in [4.69, 9.17) is 4.74 Å². The fraction of sp³-hybridized carbons (Fsp3) is 0.419. The van der Waals surface area contributed by atoms with Crippen LogP contribution in [-0.4, -0.2) is 25.5 Å². The smallest absolute Gasteiger partial charge is 0.338 e. The van der Waals surface area contributed by atoms with Gasteiger partial charge < -0.3 is 10.1 Å². The number of benzene rings is 3. The summed E-state index contributed by atoms with van der Waals surface area (Å²) in [4.78, 5) is 25.4. The number of hydrogen-bond acceptors (Lipinski definition) is 3. The summed E-state index contributed by atoms with van der Waals surface area (Å²) in [6.45, 7) is 2.54. The molecule has 0 aromatic heterocycles. The van der Waals surface area contributed by atoms with E-state index in [9.17, 15) is 9.59 Å². The highest BCUT2D eigenvalue weighted by Crippen LogP contribution is 2.61. The van der Waals surface area contributed by atoms with Crippen LogP contribution in [0.3, 0.4) is 0 Å². The Bertz CT molecular complexity index is 1290. The number of ether oxygens (including phenoxy) is 1. The number of esters is 1. The van der Waals surface area contributed by atoms with Gasteiger partial charge in [-0.25, -0.2) is 4.79 Å². The van der Waals surface area contributed by atoms with Crippen molar-refractivity contribution in [1.82, 2.24) is 5.32 Å². The molecule has 35 heavy (non-hydrogen) atoms. The van der Waals surface area contributed by atoms with Crippen LogP contribution in [0.1, 0.15) is 71.7 Å². The van der Waals surface area contributed by atoms with Gasteiger partial charge in [0.05, 0.1) is 12.7 Å². The average Bonchev–Trinajstić information content (AvgIpc) is 2.86. The molecule has 4 aliphatic rings. The molecule has 0 spiro atoms. The lowest BCUT2D eigenvalue weighted by molar-refractivity contribution is -0.00591. The molecule has 0 unspecified atom stereocenters. The molecule has 4 saturated carbocycles. The zero-order valence-corrected chi connectivity index (χ0v) is 20.6. The van der Waals surface area contributed by atoms with Crippen molar-refractivity contribution in [3.8, 4) is 11.1 Å². The molecule has 180 valence electrons. The van der Waals surface area contributed by atoms with Crippen LogP contribution in [-0.2, 0) is 10.2 Å². The highest BCUT2D eigenvalue weighted by atomic mass is 16.5. The molecule has 1 amide bonds. The van der Waals surface area contributed by atoms with Crippen LogP contribution >= 0.6 is 0 Å². The van der Waals surface area contributed by atoms with Gasteiger partial charge in [-0.2, -0.15) is 0 Å². The minimum Gasteiger partial charge on any atom is -0.465 e. The molecule has 3 aromatic carbocycles. The summed E-state index contributed by atoms with van der Waals surface area (Å²) in [6, 6.07) is 18.5. The van der Waals surface area contributed by atoms with Crippen LogP contribution in [0.4, 0.5) is 0 Å². The van der Waals surface area contributed by atoms with Gasteiger partial charge in [0.1, 0.15) is 0 Å². The van der Waals surface area contributed by atoms with Gasteiger partial charge in [-0.3, -0.25) is 4.79 Å². The summed E-state index contributed by atoms with van der Waals surface area (Å²) in [5.74, 6) is 2.11. The number of carbonyl (C=O) groups excluding carboxylic acids is 2. The molecule has 0 aliphatic heterocycles. The summed E-state index contributed by atoms with van der Waals surface area (Å²) in [5.41, 5.74) is 4.94. The van der Waals surface area contributed by atoms with Crippen LogP contribution in [0.5, 0.6) is 0 Å². The normalized spacial score (nSPS) is 26.6. The molecule has 4 nitrogen and oxygen atoms in total. The van der Waals surface area contributed by atoms with E-state index in [1.54, 1.807) is 0 Å². The van der Waals surface area contributed by atoms with Crippen LogP contribution in [0.15, 0.2) is 54.6 Å². The molecule has 7 rings (SSSR count). The molecule has 0 heterocycles. The van der Waals surface area contributed by atoms with Crippen molar-refractivity contribution in [2.45, 2.75) is 50.9 Å². The van der Waals surface area contributed by atoms with Gasteiger partial charge in [-0.1, -0.05) is 30.3 Å². The van der Waals surface area contributed by atoms with Crippen molar-refractivity contribution in [2.75, 3.05) is 13.7 Å². The van der Waals surface area contributed by atoms with E-state index in [1.807, 2.05) is 37.3 Å².